The summed E-state index contributed by atoms with van der Waals surface area (Å²) in [6.07, 6.45) is -5.65. The van der Waals surface area contributed by atoms with Gasteiger partial charge in [0, 0.05) is 34.3 Å². The van der Waals surface area contributed by atoms with Gasteiger partial charge >= 0.3 is 23.9 Å². The molecule has 0 N–H and O–H groups in total. The third-order valence-corrected chi connectivity index (χ3v) is 3.28. The minimum absolute atomic E-state index is 0.202. The number of carbonyl (C=O) groups excluding carboxylic acids is 4. The number of hydrogen-bond acceptors (Lipinski definition) is 10. The highest BCUT2D eigenvalue weighted by Gasteiger charge is 2.52. The fourth-order valence-electron chi connectivity index (χ4n) is 2.49. The van der Waals surface area contributed by atoms with Crippen LogP contribution in [0.4, 0.5) is 0 Å². The molecule has 1 fully saturated rings. The Morgan fingerprint density at radius 1 is 0.769 bits per heavy atom. The lowest BCUT2D eigenvalue weighted by molar-refractivity contribution is -0.307. The van der Waals surface area contributed by atoms with E-state index in [2.05, 4.69) is 0 Å². The summed E-state index contributed by atoms with van der Waals surface area (Å²) in [4.78, 5) is 45.6. The van der Waals surface area contributed by atoms with Crippen LogP contribution in [0.1, 0.15) is 34.6 Å². The van der Waals surface area contributed by atoms with E-state index in [0.29, 0.717) is 0 Å². The summed E-state index contributed by atoms with van der Waals surface area (Å²) in [5.74, 6) is -2.61. The molecule has 0 aromatic carbocycles. The molecule has 10 heteroatoms. The summed E-state index contributed by atoms with van der Waals surface area (Å²) in [5.41, 5.74) is 0. The molecular formula is C16H24O10. The van der Waals surface area contributed by atoms with Crippen molar-refractivity contribution < 1.29 is 47.6 Å². The molecular weight excluding hydrogens is 352 g/mol. The lowest BCUT2D eigenvalue weighted by Gasteiger charge is -2.43. The van der Waals surface area contributed by atoms with E-state index in [1.807, 2.05) is 0 Å². The Kier molecular flexibility index (Phi) is 8.46. The maximum Gasteiger partial charge on any atom is 0.303 e. The SMILES string of the molecule is CCO[C@H]1O[C@H](COC(C)=O)[C@@H](OC(C)=O)[C@H](OC(C)=O)[C@H]1OC(C)=O. The summed E-state index contributed by atoms with van der Waals surface area (Å²) in [7, 11) is 0. The van der Waals surface area contributed by atoms with Crippen molar-refractivity contribution in [3.63, 3.8) is 0 Å². The summed E-state index contributed by atoms with van der Waals surface area (Å²) in [5, 5.41) is 0. The third kappa shape index (κ3) is 6.60. The molecule has 0 radical (unpaired) electrons. The average Bonchev–Trinajstić information content (AvgIpc) is 2.50. The Bertz CT molecular complexity index is 531. The first-order chi connectivity index (χ1) is 12.1. The molecule has 148 valence electrons. The first-order valence-corrected chi connectivity index (χ1v) is 8.07. The van der Waals surface area contributed by atoms with Gasteiger partial charge in [0.15, 0.2) is 24.6 Å². The fraction of sp³-hybridized carbons (Fsp3) is 0.750. The second-order valence-electron chi connectivity index (χ2n) is 5.52. The first-order valence-electron chi connectivity index (χ1n) is 8.07. The van der Waals surface area contributed by atoms with Crippen molar-refractivity contribution in [3.8, 4) is 0 Å². The zero-order valence-electron chi connectivity index (χ0n) is 15.4. The lowest BCUT2D eigenvalue weighted by Crippen LogP contribution is -2.62. The van der Waals surface area contributed by atoms with Gasteiger partial charge in [-0.2, -0.15) is 0 Å². The van der Waals surface area contributed by atoms with E-state index in [1.54, 1.807) is 6.92 Å². The van der Waals surface area contributed by atoms with Gasteiger partial charge < -0.3 is 28.4 Å². The van der Waals surface area contributed by atoms with Gasteiger partial charge in [-0.3, -0.25) is 19.2 Å². The van der Waals surface area contributed by atoms with E-state index in [0.717, 1.165) is 13.8 Å². The topological polar surface area (TPSA) is 124 Å². The molecule has 5 atom stereocenters. The van der Waals surface area contributed by atoms with Crippen LogP contribution in [-0.2, 0) is 47.6 Å². The molecule has 0 aromatic heterocycles. The molecule has 1 aliphatic rings. The molecule has 0 unspecified atom stereocenters. The maximum atomic E-state index is 11.5. The number of hydrogen-bond donors (Lipinski definition) is 0. The van der Waals surface area contributed by atoms with Crippen LogP contribution in [0, 0.1) is 0 Å². The molecule has 0 saturated carbocycles. The van der Waals surface area contributed by atoms with Crippen molar-refractivity contribution in [2.24, 2.45) is 0 Å². The largest absolute Gasteiger partial charge is 0.463 e. The monoisotopic (exact) mass is 376 g/mol. The Hall–Kier alpha value is -2.20. The average molecular weight is 376 g/mol. The summed E-state index contributed by atoms with van der Waals surface area (Å²) in [6.45, 7) is 6.29. The second-order valence-corrected chi connectivity index (χ2v) is 5.52. The minimum Gasteiger partial charge on any atom is -0.463 e. The van der Waals surface area contributed by atoms with Crippen LogP contribution in [0.5, 0.6) is 0 Å². The smallest absolute Gasteiger partial charge is 0.303 e. The van der Waals surface area contributed by atoms with Gasteiger partial charge in [0.1, 0.15) is 12.7 Å². The number of ether oxygens (including phenoxy) is 6. The Morgan fingerprint density at radius 3 is 1.73 bits per heavy atom. The van der Waals surface area contributed by atoms with Crippen LogP contribution < -0.4 is 0 Å². The molecule has 0 amide bonds. The summed E-state index contributed by atoms with van der Waals surface area (Å²) >= 11 is 0. The van der Waals surface area contributed by atoms with E-state index in [1.165, 1.54) is 13.8 Å². The normalized spacial score (nSPS) is 28.0. The van der Waals surface area contributed by atoms with Gasteiger partial charge in [0.25, 0.3) is 0 Å². The van der Waals surface area contributed by atoms with Crippen LogP contribution >= 0.6 is 0 Å². The number of carbonyl (C=O) groups is 4. The number of rotatable bonds is 7. The molecule has 0 spiro atoms. The molecule has 0 aliphatic carbocycles. The van der Waals surface area contributed by atoms with Crippen molar-refractivity contribution in [1.82, 2.24) is 0 Å². The van der Waals surface area contributed by atoms with Crippen molar-refractivity contribution in [2.45, 2.75) is 65.3 Å². The Labute approximate surface area is 151 Å². The molecule has 0 bridgehead atoms. The zero-order chi connectivity index (χ0) is 19.9. The Balaban J connectivity index is 3.22. The molecule has 1 heterocycles. The highest BCUT2D eigenvalue weighted by molar-refractivity contribution is 5.68. The zero-order valence-corrected chi connectivity index (χ0v) is 15.4. The molecule has 1 rings (SSSR count). The predicted octanol–water partition coefficient (Wildman–Crippen LogP) is 0.106. The van der Waals surface area contributed by atoms with Crippen LogP contribution in [0.2, 0.25) is 0 Å². The molecule has 10 nitrogen and oxygen atoms in total. The van der Waals surface area contributed by atoms with Crippen molar-refractivity contribution >= 4 is 23.9 Å². The summed E-state index contributed by atoms with van der Waals surface area (Å²) in [6, 6.07) is 0. The molecule has 1 aliphatic heterocycles. The van der Waals surface area contributed by atoms with Gasteiger partial charge in [-0.1, -0.05) is 0 Å². The molecule has 26 heavy (non-hydrogen) atoms. The van der Waals surface area contributed by atoms with E-state index < -0.39 is 54.6 Å². The molecule has 0 aromatic rings. The van der Waals surface area contributed by atoms with Gasteiger partial charge in [-0.25, -0.2) is 0 Å². The maximum absolute atomic E-state index is 11.5. The van der Waals surface area contributed by atoms with Crippen LogP contribution in [0.3, 0.4) is 0 Å². The van der Waals surface area contributed by atoms with E-state index in [9.17, 15) is 19.2 Å². The Morgan fingerprint density at radius 2 is 1.27 bits per heavy atom. The van der Waals surface area contributed by atoms with E-state index in [-0.39, 0.29) is 13.2 Å². The quantitative estimate of drug-likeness (QED) is 0.446. The predicted molar refractivity (Wildman–Crippen MR) is 83.6 cm³/mol. The van der Waals surface area contributed by atoms with E-state index >= 15 is 0 Å². The van der Waals surface area contributed by atoms with Crippen molar-refractivity contribution in [3.05, 3.63) is 0 Å². The summed E-state index contributed by atoms with van der Waals surface area (Å²) < 4.78 is 31.7. The highest BCUT2D eigenvalue weighted by Crippen LogP contribution is 2.29. The highest BCUT2D eigenvalue weighted by atomic mass is 16.7. The van der Waals surface area contributed by atoms with Crippen LogP contribution in [0.25, 0.3) is 0 Å². The van der Waals surface area contributed by atoms with Crippen LogP contribution in [-0.4, -0.2) is 67.8 Å². The van der Waals surface area contributed by atoms with Crippen LogP contribution in [0.15, 0.2) is 0 Å². The van der Waals surface area contributed by atoms with Crippen molar-refractivity contribution in [1.29, 1.82) is 0 Å². The van der Waals surface area contributed by atoms with Gasteiger partial charge in [-0.15, -0.1) is 0 Å². The first kappa shape index (κ1) is 21.8. The third-order valence-electron chi connectivity index (χ3n) is 3.28. The van der Waals surface area contributed by atoms with Gasteiger partial charge in [0.05, 0.1) is 0 Å². The van der Waals surface area contributed by atoms with Crippen molar-refractivity contribution in [2.75, 3.05) is 13.2 Å². The number of esters is 4. The van der Waals surface area contributed by atoms with Gasteiger partial charge in [0.2, 0.25) is 0 Å². The standard InChI is InChI=1S/C16H24O10/c1-6-21-16-15(25-11(5)20)14(24-10(4)19)13(23-9(3)18)12(26-16)7-22-8(2)17/h12-16H,6-7H2,1-5H3/t12-,13-,14+,15-,16+/m1/s1. The lowest BCUT2D eigenvalue weighted by atomic mass is 9.98. The second kappa shape index (κ2) is 10.1. The van der Waals surface area contributed by atoms with E-state index in [4.69, 9.17) is 28.4 Å². The molecule has 1 saturated heterocycles. The van der Waals surface area contributed by atoms with Gasteiger partial charge in [-0.05, 0) is 6.92 Å². The fourth-order valence-corrected chi connectivity index (χ4v) is 2.49. The minimum atomic E-state index is -1.20.